The first-order chi connectivity index (χ1) is 11.2. The van der Waals surface area contributed by atoms with E-state index < -0.39 is 0 Å². The van der Waals surface area contributed by atoms with Crippen molar-refractivity contribution in [3.8, 4) is 17.1 Å². The number of benzene rings is 1. The van der Waals surface area contributed by atoms with Gasteiger partial charge in [0, 0.05) is 25.1 Å². The highest BCUT2D eigenvalue weighted by Crippen LogP contribution is 2.28. The van der Waals surface area contributed by atoms with Crippen molar-refractivity contribution in [2.45, 2.75) is 32.1 Å². The summed E-state index contributed by atoms with van der Waals surface area (Å²) < 4.78 is 10.6. The van der Waals surface area contributed by atoms with Gasteiger partial charge in [-0.05, 0) is 37.1 Å². The molecule has 1 aliphatic rings. The molecule has 1 atom stereocenters. The molecule has 23 heavy (non-hydrogen) atoms. The van der Waals surface area contributed by atoms with Crippen molar-refractivity contribution >= 4 is 5.91 Å². The number of piperidine rings is 1. The molecule has 2 heterocycles. The van der Waals surface area contributed by atoms with Gasteiger partial charge in [-0.2, -0.15) is 4.98 Å². The number of rotatable bonds is 4. The smallest absolute Gasteiger partial charge is 0.231 e. The molecule has 1 aliphatic heterocycles. The Hall–Kier alpha value is -2.37. The maximum atomic E-state index is 11.9. The van der Waals surface area contributed by atoms with Gasteiger partial charge in [0.1, 0.15) is 5.75 Å². The van der Waals surface area contributed by atoms with Crippen molar-refractivity contribution in [3.63, 3.8) is 0 Å². The minimum atomic E-state index is 0.124. The number of hydrogen-bond donors (Lipinski definition) is 0. The van der Waals surface area contributed by atoms with Gasteiger partial charge < -0.3 is 14.2 Å². The standard InChI is InChI=1S/C17H21N3O3/c1-3-15(21)20-10-4-5-13(11-20)17-18-16(19-23-17)12-6-8-14(22-2)9-7-12/h6-9,13H,3-5,10-11H2,1-2H3. The first-order valence-electron chi connectivity index (χ1n) is 7.97. The van der Waals surface area contributed by atoms with Gasteiger partial charge in [-0.3, -0.25) is 4.79 Å². The van der Waals surface area contributed by atoms with Gasteiger partial charge in [-0.15, -0.1) is 0 Å². The van der Waals surface area contributed by atoms with Crippen molar-refractivity contribution in [1.29, 1.82) is 0 Å². The molecule has 0 spiro atoms. The molecule has 1 amide bonds. The number of carbonyl (C=O) groups is 1. The van der Waals surface area contributed by atoms with Gasteiger partial charge in [-0.1, -0.05) is 12.1 Å². The van der Waals surface area contributed by atoms with Crippen molar-refractivity contribution in [2.75, 3.05) is 20.2 Å². The molecule has 0 bridgehead atoms. The maximum Gasteiger partial charge on any atom is 0.231 e. The minimum absolute atomic E-state index is 0.124. The normalized spacial score (nSPS) is 18.0. The molecule has 6 heteroatoms. The zero-order valence-electron chi connectivity index (χ0n) is 13.5. The monoisotopic (exact) mass is 315 g/mol. The van der Waals surface area contributed by atoms with Gasteiger partial charge in [0.2, 0.25) is 17.6 Å². The molecule has 1 saturated heterocycles. The lowest BCUT2D eigenvalue weighted by Gasteiger charge is -2.30. The van der Waals surface area contributed by atoms with Crippen LogP contribution in [0.1, 0.15) is 38.0 Å². The Labute approximate surface area is 135 Å². The quantitative estimate of drug-likeness (QED) is 0.868. The first-order valence-corrected chi connectivity index (χ1v) is 7.97. The Morgan fingerprint density at radius 3 is 2.87 bits per heavy atom. The van der Waals surface area contributed by atoms with Crippen LogP contribution in [0.3, 0.4) is 0 Å². The number of aromatic nitrogens is 2. The third kappa shape index (κ3) is 3.36. The van der Waals surface area contributed by atoms with E-state index in [1.54, 1.807) is 7.11 Å². The van der Waals surface area contributed by atoms with E-state index in [0.29, 0.717) is 24.7 Å². The Morgan fingerprint density at radius 1 is 1.39 bits per heavy atom. The van der Waals surface area contributed by atoms with Gasteiger partial charge in [0.25, 0.3) is 0 Å². The Morgan fingerprint density at radius 2 is 2.17 bits per heavy atom. The van der Waals surface area contributed by atoms with E-state index in [1.165, 1.54) is 0 Å². The summed E-state index contributed by atoms with van der Waals surface area (Å²) >= 11 is 0. The van der Waals surface area contributed by atoms with Crippen LogP contribution in [-0.4, -0.2) is 41.1 Å². The summed E-state index contributed by atoms with van der Waals surface area (Å²) in [6, 6.07) is 7.55. The molecule has 122 valence electrons. The Kier molecular flexibility index (Phi) is 4.60. The SMILES string of the molecule is CCC(=O)N1CCCC(c2nc(-c3ccc(OC)cc3)no2)C1. The fourth-order valence-electron chi connectivity index (χ4n) is 2.89. The van der Waals surface area contributed by atoms with Gasteiger partial charge >= 0.3 is 0 Å². The summed E-state index contributed by atoms with van der Waals surface area (Å²) in [5.41, 5.74) is 0.887. The Bertz CT molecular complexity index is 666. The third-order valence-electron chi connectivity index (χ3n) is 4.22. The highest BCUT2D eigenvalue weighted by Gasteiger charge is 2.28. The maximum absolute atomic E-state index is 11.9. The number of hydrogen-bond acceptors (Lipinski definition) is 5. The van der Waals surface area contributed by atoms with Crippen LogP contribution in [0.2, 0.25) is 0 Å². The van der Waals surface area contributed by atoms with Crippen LogP contribution in [-0.2, 0) is 4.79 Å². The molecule has 0 radical (unpaired) electrons. The topological polar surface area (TPSA) is 68.5 Å². The van der Waals surface area contributed by atoms with Crippen LogP contribution < -0.4 is 4.74 Å². The molecular formula is C17H21N3O3. The molecule has 0 N–H and O–H groups in total. The zero-order chi connectivity index (χ0) is 16.2. The van der Waals surface area contributed by atoms with Gasteiger partial charge in [-0.25, -0.2) is 0 Å². The van der Waals surface area contributed by atoms with E-state index in [1.807, 2.05) is 36.1 Å². The highest BCUT2D eigenvalue weighted by molar-refractivity contribution is 5.76. The van der Waals surface area contributed by atoms with Crippen LogP contribution >= 0.6 is 0 Å². The molecular weight excluding hydrogens is 294 g/mol. The van der Waals surface area contributed by atoms with E-state index in [2.05, 4.69) is 10.1 Å². The molecule has 1 aromatic heterocycles. The zero-order valence-corrected chi connectivity index (χ0v) is 13.5. The van der Waals surface area contributed by atoms with E-state index >= 15 is 0 Å². The Balaban J connectivity index is 1.74. The van der Waals surface area contributed by atoms with E-state index in [9.17, 15) is 4.79 Å². The largest absolute Gasteiger partial charge is 0.497 e. The van der Waals surface area contributed by atoms with Crippen LogP contribution in [0.5, 0.6) is 5.75 Å². The average molecular weight is 315 g/mol. The molecule has 2 aromatic rings. The predicted molar refractivity (Wildman–Crippen MR) is 85.1 cm³/mol. The summed E-state index contributed by atoms with van der Waals surface area (Å²) in [4.78, 5) is 18.3. The van der Waals surface area contributed by atoms with Crippen molar-refractivity contribution in [2.24, 2.45) is 0 Å². The van der Waals surface area contributed by atoms with E-state index in [-0.39, 0.29) is 11.8 Å². The molecule has 3 rings (SSSR count). The van der Waals surface area contributed by atoms with Crippen molar-refractivity contribution in [3.05, 3.63) is 30.2 Å². The van der Waals surface area contributed by atoms with Crippen LogP contribution in [0.4, 0.5) is 0 Å². The minimum Gasteiger partial charge on any atom is -0.497 e. The number of likely N-dealkylation sites (tertiary alicyclic amines) is 1. The van der Waals surface area contributed by atoms with E-state index in [0.717, 1.165) is 30.7 Å². The molecule has 6 nitrogen and oxygen atoms in total. The van der Waals surface area contributed by atoms with Gasteiger partial charge in [0.15, 0.2) is 0 Å². The lowest BCUT2D eigenvalue weighted by Crippen LogP contribution is -2.38. The summed E-state index contributed by atoms with van der Waals surface area (Å²) in [5.74, 6) is 2.29. The van der Waals surface area contributed by atoms with E-state index in [4.69, 9.17) is 9.26 Å². The summed E-state index contributed by atoms with van der Waals surface area (Å²) in [6.07, 6.45) is 2.47. The fraction of sp³-hybridized carbons (Fsp3) is 0.471. The van der Waals surface area contributed by atoms with Crippen molar-refractivity contribution < 1.29 is 14.1 Å². The number of ether oxygens (including phenoxy) is 1. The summed E-state index contributed by atoms with van der Waals surface area (Å²) in [6.45, 7) is 3.37. The van der Waals surface area contributed by atoms with Crippen LogP contribution in [0, 0.1) is 0 Å². The molecule has 0 saturated carbocycles. The number of amides is 1. The van der Waals surface area contributed by atoms with Crippen LogP contribution in [0.25, 0.3) is 11.4 Å². The van der Waals surface area contributed by atoms with Crippen LogP contribution in [0.15, 0.2) is 28.8 Å². The van der Waals surface area contributed by atoms with Gasteiger partial charge in [0.05, 0.1) is 13.0 Å². The predicted octanol–water partition coefficient (Wildman–Crippen LogP) is 2.86. The average Bonchev–Trinajstić information content (AvgIpc) is 3.11. The molecule has 1 aromatic carbocycles. The first kappa shape index (κ1) is 15.5. The lowest BCUT2D eigenvalue weighted by atomic mass is 9.97. The second-order valence-corrected chi connectivity index (χ2v) is 5.72. The number of methoxy groups -OCH3 is 1. The molecule has 1 unspecified atom stereocenters. The molecule has 1 fully saturated rings. The number of carbonyl (C=O) groups excluding carboxylic acids is 1. The number of nitrogens with zero attached hydrogens (tertiary/aromatic N) is 3. The second kappa shape index (κ2) is 6.81. The fourth-order valence-corrected chi connectivity index (χ4v) is 2.89. The lowest BCUT2D eigenvalue weighted by molar-refractivity contribution is -0.132. The highest BCUT2D eigenvalue weighted by atomic mass is 16.5. The summed E-state index contributed by atoms with van der Waals surface area (Å²) in [7, 11) is 1.63. The molecule has 0 aliphatic carbocycles. The summed E-state index contributed by atoms with van der Waals surface area (Å²) in [5, 5.41) is 4.08. The second-order valence-electron chi connectivity index (χ2n) is 5.72. The third-order valence-corrected chi connectivity index (χ3v) is 4.22. The van der Waals surface area contributed by atoms with Crippen molar-refractivity contribution in [1.82, 2.24) is 15.0 Å².